The molecule has 0 aromatic heterocycles. The van der Waals surface area contributed by atoms with E-state index in [0.717, 1.165) is 0 Å². The second-order valence-electron chi connectivity index (χ2n) is 5.01. The van der Waals surface area contributed by atoms with Crippen molar-refractivity contribution in [2.24, 2.45) is 17.3 Å². The van der Waals surface area contributed by atoms with Crippen LogP contribution in [0.4, 0.5) is 0 Å². The molecule has 1 aliphatic rings. The second-order valence-corrected chi connectivity index (χ2v) is 5.28. The van der Waals surface area contributed by atoms with E-state index in [1.807, 2.05) is 0 Å². The summed E-state index contributed by atoms with van der Waals surface area (Å²) in [7, 11) is 0. The summed E-state index contributed by atoms with van der Waals surface area (Å²) < 4.78 is 5.06. The first-order chi connectivity index (χ1) is 6.89. The quantitative estimate of drug-likeness (QED) is 0.422. The molecule has 0 saturated heterocycles. The molecule has 0 radical (unpaired) electrons. The predicted octanol–water partition coefficient (Wildman–Crippen LogP) is 3.01. The van der Waals surface area contributed by atoms with Gasteiger partial charge in [-0.05, 0) is 25.2 Å². The fourth-order valence-electron chi connectivity index (χ4n) is 2.02. The summed E-state index contributed by atoms with van der Waals surface area (Å²) >= 11 is 5.36. The highest BCUT2D eigenvalue weighted by Crippen LogP contribution is 2.59. The number of alkyl halides is 1. The normalized spacial score (nSPS) is 27.0. The van der Waals surface area contributed by atoms with Gasteiger partial charge in [-0.25, -0.2) is 0 Å². The lowest BCUT2D eigenvalue weighted by Crippen LogP contribution is -2.10. The van der Waals surface area contributed by atoms with Crippen LogP contribution in [0.2, 0.25) is 0 Å². The Balaban J connectivity index is 2.45. The molecule has 1 rings (SSSR count). The number of ether oxygens (including phenoxy) is 1. The number of carbonyl (C=O) groups excluding carboxylic acids is 1. The molecule has 0 N–H and O–H groups in total. The summed E-state index contributed by atoms with van der Waals surface area (Å²) in [5.74, 6) is 0.598. The van der Waals surface area contributed by atoms with Crippen LogP contribution in [0.1, 0.15) is 27.7 Å². The van der Waals surface area contributed by atoms with Gasteiger partial charge in [0, 0.05) is 5.92 Å². The van der Waals surface area contributed by atoms with Crippen molar-refractivity contribution in [2.45, 2.75) is 27.7 Å². The van der Waals surface area contributed by atoms with Gasteiger partial charge < -0.3 is 4.74 Å². The number of hydrogen-bond acceptors (Lipinski definition) is 2. The van der Waals surface area contributed by atoms with E-state index in [1.165, 1.54) is 5.57 Å². The molecule has 0 unspecified atom stereocenters. The van der Waals surface area contributed by atoms with Crippen LogP contribution >= 0.6 is 11.6 Å². The van der Waals surface area contributed by atoms with E-state index < -0.39 is 0 Å². The molecule has 1 fully saturated rings. The highest BCUT2D eigenvalue weighted by molar-refractivity contribution is 6.26. The van der Waals surface area contributed by atoms with Crippen molar-refractivity contribution >= 4 is 17.6 Å². The highest BCUT2D eigenvalue weighted by Gasteiger charge is 2.56. The minimum absolute atomic E-state index is 0.0551. The summed E-state index contributed by atoms with van der Waals surface area (Å²) in [6.45, 7) is 9.09. The zero-order chi connectivity index (χ0) is 11.6. The maximum Gasteiger partial charge on any atom is 0.320 e. The van der Waals surface area contributed by atoms with E-state index in [1.54, 1.807) is 0 Å². The maximum atomic E-state index is 10.9. The molecule has 2 nitrogen and oxygen atoms in total. The van der Waals surface area contributed by atoms with E-state index >= 15 is 0 Å². The Bertz CT molecular complexity index is 277. The predicted molar refractivity (Wildman–Crippen MR) is 61.9 cm³/mol. The Morgan fingerprint density at radius 3 is 2.53 bits per heavy atom. The molecule has 0 spiro atoms. The average Bonchev–Trinajstić information content (AvgIpc) is 2.63. The van der Waals surface area contributed by atoms with Gasteiger partial charge in [0.05, 0.1) is 6.61 Å². The summed E-state index contributed by atoms with van der Waals surface area (Å²) in [5.41, 5.74) is 1.57. The molecule has 0 aromatic rings. The summed E-state index contributed by atoms with van der Waals surface area (Å²) in [6, 6.07) is 0. The molecule has 1 aliphatic carbocycles. The molecule has 0 aliphatic heterocycles. The van der Waals surface area contributed by atoms with Gasteiger partial charge in [0.2, 0.25) is 0 Å². The summed E-state index contributed by atoms with van der Waals surface area (Å²) in [6.07, 6.45) is 2.26. The fourth-order valence-corrected chi connectivity index (χ4v) is 2.09. The van der Waals surface area contributed by atoms with Crippen molar-refractivity contribution < 1.29 is 9.53 Å². The largest absolute Gasteiger partial charge is 0.464 e. The van der Waals surface area contributed by atoms with Gasteiger partial charge >= 0.3 is 5.97 Å². The molecule has 86 valence electrons. The third-order valence-corrected chi connectivity index (χ3v) is 3.40. The van der Waals surface area contributed by atoms with Gasteiger partial charge in [-0.1, -0.05) is 25.5 Å². The first-order valence-corrected chi connectivity index (χ1v) is 5.79. The summed E-state index contributed by atoms with van der Waals surface area (Å²) in [4.78, 5) is 10.9. The Hall–Kier alpha value is -0.500. The standard InChI is InChI=1S/C12H19ClO2/c1-8(2)5-9-10(12(9,3)4)7-15-11(14)6-13/h5,9-10H,6-7H2,1-4H3/t9-,10-/m0/s1. The van der Waals surface area contributed by atoms with Crippen LogP contribution in [0, 0.1) is 17.3 Å². The van der Waals surface area contributed by atoms with Gasteiger partial charge in [0.15, 0.2) is 0 Å². The SMILES string of the molecule is CC(C)=C[C@H]1[C@H](COC(=O)CCl)C1(C)C. The second kappa shape index (κ2) is 4.56. The molecule has 0 heterocycles. The lowest BCUT2D eigenvalue weighted by atomic mass is 10.1. The van der Waals surface area contributed by atoms with Gasteiger partial charge in [0.25, 0.3) is 0 Å². The van der Waals surface area contributed by atoms with Crippen LogP contribution in [0.3, 0.4) is 0 Å². The van der Waals surface area contributed by atoms with E-state index in [-0.39, 0.29) is 17.3 Å². The number of allylic oxidation sites excluding steroid dienone is 2. The van der Waals surface area contributed by atoms with E-state index in [9.17, 15) is 4.79 Å². The Morgan fingerprint density at radius 2 is 2.07 bits per heavy atom. The Kier molecular flexibility index (Phi) is 3.82. The Labute approximate surface area is 96.6 Å². The molecule has 15 heavy (non-hydrogen) atoms. The Morgan fingerprint density at radius 1 is 1.47 bits per heavy atom. The lowest BCUT2D eigenvalue weighted by Gasteiger charge is -2.03. The topological polar surface area (TPSA) is 26.3 Å². The van der Waals surface area contributed by atoms with Crippen molar-refractivity contribution in [1.82, 2.24) is 0 Å². The van der Waals surface area contributed by atoms with Crippen molar-refractivity contribution in [3.05, 3.63) is 11.6 Å². The van der Waals surface area contributed by atoms with Crippen LogP contribution in [0.15, 0.2) is 11.6 Å². The summed E-state index contributed by atoms with van der Waals surface area (Å²) in [5, 5.41) is 0. The fraction of sp³-hybridized carbons (Fsp3) is 0.750. The minimum atomic E-state index is -0.324. The first kappa shape index (κ1) is 12.6. The molecular weight excluding hydrogens is 212 g/mol. The number of esters is 1. The first-order valence-electron chi connectivity index (χ1n) is 5.26. The van der Waals surface area contributed by atoms with Crippen LogP contribution in [0.5, 0.6) is 0 Å². The van der Waals surface area contributed by atoms with Crippen molar-refractivity contribution in [3.8, 4) is 0 Å². The van der Waals surface area contributed by atoms with Gasteiger partial charge in [-0.3, -0.25) is 4.79 Å². The van der Waals surface area contributed by atoms with Crippen LogP contribution < -0.4 is 0 Å². The third kappa shape index (κ3) is 2.97. The van der Waals surface area contributed by atoms with Crippen molar-refractivity contribution in [1.29, 1.82) is 0 Å². The van der Waals surface area contributed by atoms with E-state index in [4.69, 9.17) is 16.3 Å². The number of hydrogen-bond donors (Lipinski definition) is 0. The van der Waals surface area contributed by atoms with E-state index in [0.29, 0.717) is 18.4 Å². The smallest absolute Gasteiger partial charge is 0.320 e. The molecule has 2 atom stereocenters. The van der Waals surface area contributed by atoms with Crippen molar-refractivity contribution in [3.63, 3.8) is 0 Å². The molecule has 1 saturated carbocycles. The van der Waals surface area contributed by atoms with Crippen LogP contribution in [-0.4, -0.2) is 18.5 Å². The zero-order valence-corrected chi connectivity index (χ0v) is 10.6. The van der Waals surface area contributed by atoms with Gasteiger partial charge in [0.1, 0.15) is 5.88 Å². The third-order valence-electron chi connectivity index (χ3n) is 3.19. The molecule has 0 amide bonds. The molecular formula is C12H19ClO2. The van der Waals surface area contributed by atoms with E-state index in [2.05, 4.69) is 33.8 Å². The van der Waals surface area contributed by atoms with Gasteiger partial charge in [-0.15, -0.1) is 11.6 Å². The minimum Gasteiger partial charge on any atom is -0.464 e. The van der Waals surface area contributed by atoms with Crippen molar-refractivity contribution in [2.75, 3.05) is 12.5 Å². The highest BCUT2D eigenvalue weighted by atomic mass is 35.5. The maximum absolute atomic E-state index is 10.9. The van der Waals surface area contributed by atoms with Crippen LogP contribution in [0.25, 0.3) is 0 Å². The molecule has 0 bridgehead atoms. The average molecular weight is 231 g/mol. The molecule has 0 aromatic carbocycles. The molecule has 3 heteroatoms. The number of carbonyl (C=O) groups is 1. The van der Waals surface area contributed by atoms with Gasteiger partial charge in [-0.2, -0.15) is 0 Å². The monoisotopic (exact) mass is 230 g/mol. The number of rotatable bonds is 4. The van der Waals surface area contributed by atoms with Crippen LogP contribution in [-0.2, 0) is 9.53 Å². The zero-order valence-electron chi connectivity index (χ0n) is 9.84. The number of halogens is 1. The lowest BCUT2D eigenvalue weighted by molar-refractivity contribution is -0.141.